The smallest absolute Gasteiger partial charge is 0.188 e. The fourth-order valence-corrected chi connectivity index (χ4v) is 2.86. The zero-order valence-corrected chi connectivity index (χ0v) is 14.5. The van der Waals surface area contributed by atoms with Crippen LogP contribution in [0.25, 0.3) is 0 Å². The van der Waals surface area contributed by atoms with Crippen molar-refractivity contribution in [2.24, 2.45) is 5.10 Å². The number of hydrogen-bond acceptors (Lipinski definition) is 3. The van der Waals surface area contributed by atoms with Crippen molar-refractivity contribution in [2.75, 3.05) is 5.01 Å². The summed E-state index contributed by atoms with van der Waals surface area (Å²) in [5.41, 5.74) is -0.117. The van der Waals surface area contributed by atoms with E-state index >= 15 is 0 Å². The Hall–Kier alpha value is -2.11. The molecule has 0 bridgehead atoms. The summed E-state index contributed by atoms with van der Waals surface area (Å²) in [4.78, 5) is 0. The van der Waals surface area contributed by atoms with Gasteiger partial charge < -0.3 is 0 Å². The molecule has 0 aromatic heterocycles. The Kier molecular flexibility index (Phi) is 4.71. The number of hydrazone groups is 1. The maximum Gasteiger partial charge on any atom is 0.188 e. The molecule has 2 aromatic carbocycles. The molecule has 0 spiro atoms. The van der Waals surface area contributed by atoms with Crippen molar-refractivity contribution in [1.82, 2.24) is 0 Å². The normalized spacial score (nSPS) is 16.8. The Morgan fingerprint density at radius 2 is 1.64 bits per heavy atom. The molecule has 3 rings (SSSR count). The Morgan fingerprint density at radius 1 is 1.08 bits per heavy atom. The Labute approximate surface area is 153 Å². The summed E-state index contributed by atoms with van der Waals surface area (Å²) < 4.78 is 56.5. The summed E-state index contributed by atoms with van der Waals surface area (Å²) in [5.74, 6) is -6.88. The maximum absolute atomic E-state index is 14.2. The summed E-state index contributed by atoms with van der Waals surface area (Å²) in [7, 11) is 0. The fourth-order valence-electron chi connectivity index (χ4n) is 2.43. The van der Waals surface area contributed by atoms with E-state index in [1.807, 2.05) is 6.07 Å². The molecule has 0 radical (unpaired) electrons. The van der Waals surface area contributed by atoms with E-state index in [-0.39, 0.29) is 6.42 Å². The van der Waals surface area contributed by atoms with Crippen LogP contribution in [-0.4, -0.2) is 11.8 Å². The van der Waals surface area contributed by atoms with E-state index in [0.29, 0.717) is 16.3 Å². The highest BCUT2D eigenvalue weighted by Gasteiger charge is 2.36. The van der Waals surface area contributed by atoms with Crippen LogP contribution < -0.4 is 5.01 Å². The molecular formula is C16H7BrClF4N3. The molecule has 1 unspecified atom stereocenters. The molecule has 25 heavy (non-hydrogen) atoms. The fraction of sp³-hybridized carbons (Fsp3) is 0.125. The van der Waals surface area contributed by atoms with Crippen LogP contribution in [0.5, 0.6) is 0 Å². The van der Waals surface area contributed by atoms with Gasteiger partial charge in [-0.3, -0.25) is 0 Å². The number of nitriles is 1. The molecule has 0 amide bonds. The van der Waals surface area contributed by atoms with Crippen LogP contribution in [0.4, 0.5) is 23.2 Å². The molecule has 1 aliphatic heterocycles. The number of anilines is 1. The van der Waals surface area contributed by atoms with E-state index in [9.17, 15) is 22.8 Å². The van der Waals surface area contributed by atoms with E-state index in [1.165, 1.54) is 0 Å². The van der Waals surface area contributed by atoms with E-state index in [2.05, 4.69) is 21.0 Å². The van der Waals surface area contributed by atoms with Gasteiger partial charge in [0.1, 0.15) is 16.8 Å². The molecular weight excluding hydrogens is 426 g/mol. The first kappa shape index (κ1) is 17.7. The number of benzene rings is 2. The molecule has 2 aromatic rings. The van der Waals surface area contributed by atoms with Gasteiger partial charge >= 0.3 is 0 Å². The van der Waals surface area contributed by atoms with Gasteiger partial charge in [-0.1, -0.05) is 39.7 Å². The van der Waals surface area contributed by atoms with Crippen LogP contribution >= 0.6 is 27.5 Å². The van der Waals surface area contributed by atoms with Gasteiger partial charge in [-0.2, -0.15) is 10.4 Å². The van der Waals surface area contributed by atoms with Gasteiger partial charge in [0.25, 0.3) is 0 Å². The van der Waals surface area contributed by atoms with Gasteiger partial charge in [-0.15, -0.1) is 0 Å². The molecule has 0 fully saturated rings. The quantitative estimate of drug-likeness (QED) is 0.373. The van der Waals surface area contributed by atoms with Gasteiger partial charge in [0.15, 0.2) is 23.3 Å². The van der Waals surface area contributed by atoms with Crippen LogP contribution in [0.1, 0.15) is 12.0 Å². The summed E-state index contributed by atoms with van der Waals surface area (Å²) in [5, 5.41) is 12.6. The van der Waals surface area contributed by atoms with Crippen LogP contribution in [0, 0.1) is 34.6 Å². The largest absolute Gasteiger partial charge is 0.241 e. The lowest BCUT2D eigenvalue weighted by Gasteiger charge is -2.20. The molecule has 3 nitrogen and oxygen atoms in total. The first-order valence-corrected chi connectivity index (χ1v) is 8.06. The lowest BCUT2D eigenvalue weighted by molar-refractivity contribution is 0.451. The van der Waals surface area contributed by atoms with Gasteiger partial charge in [0, 0.05) is 10.9 Å². The third-order valence-corrected chi connectivity index (χ3v) is 4.51. The predicted octanol–water partition coefficient (Wildman–Crippen LogP) is 5.17. The molecule has 0 saturated heterocycles. The Bertz CT molecular complexity index is 895. The van der Waals surface area contributed by atoms with Crippen molar-refractivity contribution in [3.8, 4) is 6.07 Å². The second kappa shape index (κ2) is 6.65. The molecule has 0 N–H and O–H groups in total. The third kappa shape index (κ3) is 2.98. The summed E-state index contributed by atoms with van der Waals surface area (Å²) >= 11 is 8.49. The Balaban J connectivity index is 2.13. The second-order valence-electron chi connectivity index (χ2n) is 5.17. The van der Waals surface area contributed by atoms with Gasteiger partial charge in [0.2, 0.25) is 0 Å². The van der Waals surface area contributed by atoms with Crippen LogP contribution in [0.2, 0.25) is 5.02 Å². The predicted molar refractivity (Wildman–Crippen MR) is 88.5 cm³/mol. The first-order valence-electron chi connectivity index (χ1n) is 6.88. The second-order valence-corrected chi connectivity index (χ2v) is 6.46. The highest BCUT2D eigenvalue weighted by molar-refractivity contribution is 9.10. The summed E-state index contributed by atoms with van der Waals surface area (Å²) in [6.45, 7) is 0. The number of nitrogens with zero attached hydrogens (tertiary/aromatic N) is 3. The highest BCUT2D eigenvalue weighted by atomic mass is 79.9. The molecule has 0 saturated carbocycles. The first-order chi connectivity index (χ1) is 11.8. The van der Waals surface area contributed by atoms with Crippen LogP contribution in [0.15, 0.2) is 33.8 Å². The van der Waals surface area contributed by atoms with E-state index in [1.54, 1.807) is 24.3 Å². The topological polar surface area (TPSA) is 39.4 Å². The monoisotopic (exact) mass is 431 g/mol. The van der Waals surface area contributed by atoms with Crippen LogP contribution in [-0.2, 0) is 0 Å². The average Bonchev–Trinajstić information content (AvgIpc) is 3.03. The lowest BCUT2D eigenvalue weighted by atomic mass is 10.0. The third-order valence-electron chi connectivity index (χ3n) is 3.65. The molecule has 1 aliphatic rings. The minimum Gasteiger partial charge on any atom is -0.241 e. The highest BCUT2D eigenvalue weighted by Crippen LogP contribution is 2.37. The standard InChI is InChI=1S/C16H7BrClF4N3/c17-8-3-1-7(2-4-8)10-5-9(6-23)25(24-10)16-14(21)12(19)11(18)13(20)15(16)22/h1-4,9H,5H2. The zero-order valence-electron chi connectivity index (χ0n) is 12.2. The number of rotatable bonds is 2. The molecule has 1 atom stereocenters. The van der Waals surface area contributed by atoms with Crippen molar-refractivity contribution >= 4 is 38.9 Å². The van der Waals surface area contributed by atoms with Crippen molar-refractivity contribution in [3.63, 3.8) is 0 Å². The zero-order chi connectivity index (χ0) is 18.3. The van der Waals surface area contributed by atoms with Crippen molar-refractivity contribution < 1.29 is 17.6 Å². The SMILES string of the molecule is N#CC1CC(c2ccc(Br)cc2)=NN1c1c(F)c(F)c(Cl)c(F)c1F. The van der Waals surface area contributed by atoms with E-state index < -0.39 is 40.0 Å². The van der Waals surface area contributed by atoms with Crippen molar-refractivity contribution in [2.45, 2.75) is 12.5 Å². The maximum atomic E-state index is 14.2. The molecule has 0 aliphatic carbocycles. The van der Waals surface area contributed by atoms with E-state index in [0.717, 1.165) is 4.47 Å². The Morgan fingerprint density at radius 3 is 2.16 bits per heavy atom. The van der Waals surface area contributed by atoms with E-state index in [4.69, 9.17) is 11.6 Å². The minimum absolute atomic E-state index is 0.0306. The lowest BCUT2D eigenvalue weighted by Crippen LogP contribution is -2.27. The number of hydrogen-bond donors (Lipinski definition) is 0. The van der Waals surface area contributed by atoms with Gasteiger partial charge in [-0.05, 0) is 17.7 Å². The molecule has 9 heteroatoms. The number of halogens is 6. The molecule has 128 valence electrons. The van der Waals surface area contributed by atoms with Crippen molar-refractivity contribution in [1.29, 1.82) is 5.26 Å². The van der Waals surface area contributed by atoms with Gasteiger partial charge in [-0.25, -0.2) is 22.6 Å². The average molecular weight is 433 g/mol. The van der Waals surface area contributed by atoms with Gasteiger partial charge in [0.05, 0.1) is 11.8 Å². The molecule has 1 heterocycles. The van der Waals surface area contributed by atoms with Crippen molar-refractivity contribution in [3.05, 3.63) is 62.6 Å². The summed E-state index contributed by atoms with van der Waals surface area (Å²) in [6.07, 6.45) is 0.0306. The summed E-state index contributed by atoms with van der Waals surface area (Å²) in [6, 6.07) is 7.54. The minimum atomic E-state index is -1.74. The van der Waals surface area contributed by atoms with Crippen LogP contribution in [0.3, 0.4) is 0 Å².